The number of carbonyl (C=O) groups excluding carboxylic acids is 1. The predicted molar refractivity (Wildman–Crippen MR) is 105 cm³/mol. The van der Waals surface area contributed by atoms with Crippen molar-refractivity contribution in [2.24, 2.45) is 5.92 Å². The van der Waals surface area contributed by atoms with Crippen LogP contribution in [0.1, 0.15) is 43.3 Å². The number of nitrogens with zero attached hydrogens (tertiary/aromatic N) is 2. The number of amides is 1. The summed E-state index contributed by atoms with van der Waals surface area (Å²) in [5, 5.41) is 6.73. The first-order valence-corrected chi connectivity index (χ1v) is 9.57. The fourth-order valence-electron chi connectivity index (χ4n) is 3.00. The third-order valence-electron chi connectivity index (χ3n) is 4.40. The van der Waals surface area contributed by atoms with Crippen LogP contribution in [-0.2, 0) is 17.4 Å². The number of carbonyl (C=O) groups is 1. The summed E-state index contributed by atoms with van der Waals surface area (Å²) >= 11 is 0. The predicted octanol–water partition coefficient (Wildman–Crippen LogP) is 5.20. The van der Waals surface area contributed by atoms with Gasteiger partial charge in [-0.2, -0.15) is 18.2 Å². The van der Waals surface area contributed by atoms with Crippen molar-refractivity contribution in [2.75, 3.05) is 0 Å². The Labute approximate surface area is 172 Å². The summed E-state index contributed by atoms with van der Waals surface area (Å²) in [6.07, 6.45) is -3.72. The molecule has 0 saturated heterocycles. The van der Waals surface area contributed by atoms with Crippen LogP contribution in [0, 0.1) is 5.92 Å². The molecule has 1 amide bonds. The van der Waals surface area contributed by atoms with E-state index >= 15 is 0 Å². The first kappa shape index (κ1) is 21.5. The highest BCUT2D eigenvalue weighted by molar-refractivity contribution is 5.76. The summed E-state index contributed by atoms with van der Waals surface area (Å²) in [4.78, 5) is 16.6. The molecule has 0 aliphatic rings. The second-order valence-corrected chi connectivity index (χ2v) is 7.44. The Balaban J connectivity index is 1.87. The molecular formula is C22H22F3N3O2. The topological polar surface area (TPSA) is 68.0 Å². The van der Waals surface area contributed by atoms with Crippen molar-refractivity contribution in [1.29, 1.82) is 0 Å². The van der Waals surface area contributed by atoms with Gasteiger partial charge in [0.2, 0.25) is 17.6 Å². The zero-order valence-electron chi connectivity index (χ0n) is 16.6. The van der Waals surface area contributed by atoms with Crippen LogP contribution >= 0.6 is 0 Å². The fourth-order valence-corrected chi connectivity index (χ4v) is 3.00. The lowest BCUT2D eigenvalue weighted by molar-refractivity contribution is -0.137. The Morgan fingerprint density at radius 2 is 1.83 bits per heavy atom. The maximum atomic E-state index is 13.0. The number of benzene rings is 2. The van der Waals surface area contributed by atoms with E-state index in [0.717, 1.165) is 17.7 Å². The highest BCUT2D eigenvalue weighted by Crippen LogP contribution is 2.31. The summed E-state index contributed by atoms with van der Waals surface area (Å²) in [7, 11) is 0. The summed E-state index contributed by atoms with van der Waals surface area (Å²) in [6, 6.07) is 13.6. The molecule has 30 heavy (non-hydrogen) atoms. The summed E-state index contributed by atoms with van der Waals surface area (Å²) in [5.74, 6) is 0.186. The fraction of sp³-hybridized carbons (Fsp3) is 0.318. The van der Waals surface area contributed by atoms with Gasteiger partial charge in [-0.25, -0.2) is 0 Å². The largest absolute Gasteiger partial charge is 0.416 e. The van der Waals surface area contributed by atoms with Crippen molar-refractivity contribution in [3.8, 4) is 11.4 Å². The van der Waals surface area contributed by atoms with E-state index in [4.69, 9.17) is 4.52 Å². The van der Waals surface area contributed by atoms with Gasteiger partial charge in [-0.05, 0) is 23.6 Å². The molecule has 0 bridgehead atoms. The van der Waals surface area contributed by atoms with E-state index in [1.165, 1.54) is 12.1 Å². The molecule has 158 valence electrons. The van der Waals surface area contributed by atoms with Crippen LogP contribution in [-0.4, -0.2) is 16.0 Å². The van der Waals surface area contributed by atoms with Crippen LogP contribution in [0.3, 0.4) is 0 Å². The van der Waals surface area contributed by atoms with Crippen molar-refractivity contribution in [3.05, 3.63) is 71.6 Å². The van der Waals surface area contributed by atoms with Crippen LogP contribution in [0.4, 0.5) is 13.2 Å². The van der Waals surface area contributed by atoms with E-state index < -0.39 is 17.8 Å². The van der Waals surface area contributed by atoms with Gasteiger partial charge in [0.05, 0.1) is 5.56 Å². The minimum atomic E-state index is -4.47. The maximum absolute atomic E-state index is 13.0. The van der Waals surface area contributed by atoms with Gasteiger partial charge >= 0.3 is 6.18 Å². The Kier molecular flexibility index (Phi) is 6.54. The molecule has 0 radical (unpaired) electrons. The van der Waals surface area contributed by atoms with Crippen LogP contribution in [0.5, 0.6) is 0 Å². The molecule has 2 aromatic carbocycles. The SMILES string of the molecule is CC(C)CC(=O)N[C@@H](Cc1ccccc1)c1nc(-c2cccc(C(F)(F)F)c2)no1. The third-order valence-corrected chi connectivity index (χ3v) is 4.40. The molecule has 0 aliphatic carbocycles. The maximum Gasteiger partial charge on any atom is 0.416 e. The first-order valence-electron chi connectivity index (χ1n) is 9.57. The van der Waals surface area contributed by atoms with Gasteiger partial charge in [0.25, 0.3) is 0 Å². The third kappa shape index (κ3) is 5.68. The van der Waals surface area contributed by atoms with Crippen LogP contribution in [0.15, 0.2) is 59.1 Å². The molecule has 0 spiro atoms. The van der Waals surface area contributed by atoms with Gasteiger partial charge < -0.3 is 9.84 Å². The minimum Gasteiger partial charge on any atom is -0.344 e. The van der Waals surface area contributed by atoms with Gasteiger partial charge in [-0.15, -0.1) is 0 Å². The molecule has 3 aromatic rings. The molecular weight excluding hydrogens is 395 g/mol. The monoisotopic (exact) mass is 417 g/mol. The smallest absolute Gasteiger partial charge is 0.344 e. The molecule has 5 nitrogen and oxygen atoms in total. The Hall–Kier alpha value is -3.16. The number of nitrogens with one attached hydrogen (secondary N) is 1. The molecule has 0 unspecified atom stereocenters. The second-order valence-electron chi connectivity index (χ2n) is 7.44. The lowest BCUT2D eigenvalue weighted by Gasteiger charge is -2.16. The average molecular weight is 417 g/mol. The lowest BCUT2D eigenvalue weighted by atomic mass is 10.0. The van der Waals surface area contributed by atoms with Crippen molar-refractivity contribution in [1.82, 2.24) is 15.5 Å². The van der Waals surface area contributed by atoms with Crippen LogP contribution < -0.4 is 5.32 Å². The zero-order valence-corrected chi connectivity index (χ0v) is 16.6. The molecule has 0 fully saturated rings. The summed E-state index contributed by atoms with van der Waals surface area (Å²) < 4.78 is 44.3. The highest BCUT2D eigenvalue weighted by Gasteiger charge is 2.31. The van der Waals surface area contributed by atoms with E-state index in [1.54, 1.807) is 0 Å². The Morgan fingerprint density at radius 3 is 2.50 bits per heavy atom. The number of hydrogen-bond donors (Lipinski definition) is 1. The van der Waals surface area contributed by atoms with E-state index in [2.05, 4.69) is 15.5 Å². The van der Waals surface area contributed by atoms with Gasteiger partial charge in [0.1, 0.15) is 6.04 Å². The van der Waals surface area contributed by atoms with Gasteiger partial charge in [0.15, 0.2) is 0 Å². The average Bonchev–Trinajstić information content (AvgIpc) is 3.17. The molecule has 1 atom stereocenters. The quantitative estimate of drug-likeness (QED) is 0.574. The molecule has 0 aliphatic heterocycles. The number of hydrogen-bond acceptors (Lipinski definition) is 4. The van der Waals surface area contributed by atoms with Gasteiger partial charge in [-0.3, -0.25) is 4.79 Å². The normalized spacial score (nSPS) is 12.7. The number of halogens is 3. The zero-order chi connectivity index (χ0) is 21.7. The molecule has 1 heterocycles. The Morgan fingerprint density at radius 1 is 1.10 bits per heavy atom. The lowest BCUT2D eigenvalue weighted by Crippen LogP contribution is -2.31. The molecule has 0 saturated carbocycles. The van der Waals surface area contributed by atoms with Crippen molar-refractivity contribution in [2.45, 2.75) is 38.9 Å². The number of aromatic nitrogens is 2. The highest BCUT2D eigenvalue weighted by atomic mass is 19.4. The minimum absolute atomic E-state index is 0.0345. The van der Waals surface area contributed by atoms with Crippen LogP contribution in [0.25, 0.3) is 11.4 Å². The van der Waals surface area contributed by atoms with E-state index in [9.17, 15) is 18.0 Å². The van der Waals surface area contributed by atoms with E-state index in [1.807, 2.05) is 44.2 Å². The molecule has 1 aromatic heterocycles. The van der Waals surface area contributed by atoms with Crippen molar-refractivity contribution < 1.29 is 22.5 Å². The van der Waals surface area contributed by atoms with Gasteiger partial charge in [0, 0.05) is 18.4 Å². The van der Waals surface area contributed by atoms with Crippen LogP contribution in [0.2, 0.25) is 0 Å². The molecule has 1 N–H and O–H groups in total. The number of rotatable bonds is 7. The Bertz CT molecular complexity index is 985. The van der Waals surface area contributed by atoms with Crippen molar-refractivity contribution in [3.63, 3.8) is 0 Å². The standard InChI is InChI=1S/C22H22F3N3O2/c1-14(2)11-19(29)26-18(12-15-7-4-3-5-8-15)21-27-20(28-30-21)16-9-6-10-17(13-16)22(23,24)25/h3-10,13-14,18H,11-12H2,1-2H3,(H,26,29)/t18-/m0/s1. The van der Waals surface area contributed by atoms with E-state index in [0.29, 0.717) is 12.8 Å². The first-order chi connectivity index (χ1) is 14.2. The van der Waals surface area contributed by atoms with Crippen molar-refractivity contribution >= 4 is 5.91 Å². The summed E-state index contributed by atoms with van der Waals surface area (Å²) in [6.45, 7) is 3.87. The van der Waals surface area contributed by atoms with Gasteiger partial charge in [-0.1, -0.05) is 61.5 Å². The summed E-state index contributed by atoms with van der Waals surface area (Å²) in [5.41, 5.74) is 0.343. The molecule has 3 rings (SSSR count). The van der Waals surface area contributed by atoms with E-state index in [-0.39, 0.29) is 29.1 Å². The molecule has 8 heteroatoms. The second kappa shape index (κ2) is 9.11. The number of alkyl halides is 3.